The largest absolute Gasteiger partial charge is 0.484 e. The number of nitrogens with one attached hydrogen (secondary N) is 1. The molecule has 33 heavy (non-hydrogen) atoms. The summed E-state index contributed by atoms with van der Waals surface area (Å²) in [6.45, 7) is 1.10. The molecule has 1 saturated heterocycles. The monoisotopic (exact) mass is 446 g/mol. The number of para-hydroxylation sites is 1. The van der Waals surface area contributed by atoms with Gasteiger partial charge in [0.05, 0.1) is 6.04 Å². The van der Waals surface area contributed by atoms with Gasteiger partial charge in [0, 0.05) is 30.3 Å². The molecule has 2 fully saturated rings. The molecule has 1 aliphatic carbocycles. The van der Waals surface area contributed by atoms with Gasteiger partial charge in [-0.1, -0.05) is 30.3 Å². The van der Waals surface area contributed by atoms with Crippen LogP contribution in [0.5, 0.6) is 5.75 Å². The molecular weight excluding hydrogens is 420 g/mol. The van der Waals surface area contributed by atoms with Crippen molar-refractivity contribution in [1.29, 1.82) is 0 Å². The van der Waals surface area contributed by atoms with Gasteiger partial charge in [0.25, 0.3) is 5.91 Å². The highest BCUT2D eigenvalue weighted by atomic mass is 16.5. The van der Waals surface area contributed by atoms with Gasteiger partial charge in [0.15, 0.2) is 12.4 Å². The third kappa shape index (κ3) is 5.02. The molecule has 0 atom stereocenters. The second-order valence-corrected chi connectivity index (χ2v) is 8.51. The number of benzene rings is 2. The van der Waals surface area contributed by atoms with Gasteiger partial charge in [-0.2, -0.15) is 0 Å². The fraction of sp³-hybridized carbons (Fsp3) is 0.375. The molecule has 2 amide bonds. The van der Waals surface area contributed by atoms with Crippen LogP contribution < -0.4 is 10.1 Å². The van der Waals surface area contributed by atoms with Gasteiger partial charge in [0.1, 0.15) is 5.75 Å². The Morgan fingerprint density at radius 2 is 1.79 bits per heavy atom. The SMILES string of the molecule is O=C(Nc1cccc(-c2nnnn2C2CC2)c1)C1CCN(C(=O)COc2ccccc2)CC1. The minimum Gasteiger partial charge on any atom is -0.484 e. The fourth-order valence-corrected chi connectivity index (χ4v) is 4.07. The molecule has 0 unspecified atom stereocenters. The van der Waals surface area contributed by atoms with E-state index < -0.39 is 0 Å². The van der Waals surface area contributed by atoms with Gasteiger partial charge in [-0.05, 0) is 60.4 Å². The summed E-state index contributed by atoms with van der Waals surface area (Å²) in [7, 11) is 0. The number of likely N-dealkylation sites (tertiary alicyclic amines) is 1. The number of anilines is 1. The van der Waals surface area contributed by atoms with Crippen molar-refractivity contribution in [3.63, 3.8) is 0 Å². The molecule has 1 aromatic heterocycles. The van der Waals surface area contributed by atoms with Crippen molar-refractivity contribution in [1.82, 2.24) is 25.1 Å². The van der Waals surface area contributed by atoms with Crippen LogP contribution in [0.25, 0.3) is 11.4 Å². The van der Waals surface area contributed by atoms with Crippen LogP contribution in [-0.4, -0.2) is 56.6 Å². The third-order valence-electron chi connectivity index (χ3n) is 6.10. The normalized spacial score (nSPS) is 16.4. The summed E-state index contributed by atoms with van der Waals surface area (Å²) in [5.74, 6) is 1.18. The number of piperidine rings is 1. The number of tetrazole rings is 1. The topological polar surface area (TPSA) is 102 Å². The number of nitrogens with zero attached hydrogens (tertiary/aromatic N) is 5. The van der Waals surface area contributed by atoms with E-state index >= 15 is 0 Å². The van der Waals surface area contributed by atoms with Gasteiger partial charge in [0.2, 0.25) is 5.91 Å². The number of amides is 2. The molecule has 9 nitrogen and oxygen atoms in total. The number of hydrogen-bond acceptors (Lipinski definition) is 6. The number of rotatable bonds is 7. The Kier molecular flexibility index (Phi) is 6.01. The quantitative estimate of drug-likeness (QED) is 0.599. The molecule has 1 N–H and O–H groups in total. The highest BCUT2D eigenvalue weighted by molar-refractivity contribution is 5.93. The first-order valence-electron chi connectivity index (χ1n) is 11.3. The first-order valence-corrected chi connectivity index (χ1v) is 11.3. The van der Waals surface area contributed by atoms with Crippen LogP contribution in [-0.2, 0) is 9.59 Å². The van der Waals surface area contributed by atoms with Gasteiger partial charge in [-0.25, -0.2) is 4.68 Å². The molecule has 2 aromatic carbocycles. The van der Waals surface area contributed by atoms with Crippen LogP contribution in [0.4, 0.5) is 5.69 Å². The second-order valence-electron chi connectivity index (χ2n) is 8.51. The van der Waals surface area contributed by atoms with Crippen molar-refractivity contribution in [2.45, 2.75) is 31.7 Å². The highest BCUT2D eigenvalue weighted by Gasteiger charge is 2.29. The number of carbonyl (C=O) groups excluding carboxylic acids is 2. The van der Waals surface area contributed by atoms with Crippen molar-refractivity contribution >= 4 is 17.5 Å². The summed E-state index contributed by atoms with van der Waals surface area (Å²) >= 11 is 0. The van der Waals surface area contributed by atoms with Gasteiger partial charge >= 0.3 is 0 Å². The molecular formula is C24H26N6O3. The lowest BCUT2D eigenvalue weighted by atomic mass is 9.95. The van der Waals surface area contributed by atoms with Crippen LogP contribution in [0.2, 0.25) is 0 Å². The summed E-state index contributed by atoms with van der Waals surface area (Å²) in [6, 6.07) is 17.3. The molecule has 0 radical (unpaired) electrons. The van der Waals surface area contributed by atoms with Crippen LogP contribution in [0.1, 0.15) is 31.7 Å². The number of ether oxygens (including phenoxy) is 1. The van der Waals surface area contributed by atoms with E-state index in [1.807, 2.05) is 59.3 Å². The Bertz CT molecular complexity index is 1120. The van der Waals surface area contributed by atoms with Crippen LogP contribution in [0.3, 0.4) is 0 Å². The maximum atomic E-state index is 12.9. The first kappa shape index (κ1) is 21.1. The smallest absolute Gasteiger partial charge is 0.260 e. The van der Waals surface area contributed by atoms with Gasteiger partial charge < -0.3 is 15.0 Å². The lowest BCUT2D eigenvalue weighted by Gasteiger charge is -2.31. The average molecular weight is 447 g/mol. The lowest BCUT2D eigenvalue weighted by molar-refractivity contribution is -0.136. The van der Waals surface area contributed by atoms with Crippen LogP contribution >= 0.6 is 0 Å². The third-order valence-corrected chi connectivity index (χ3v) is 6.10. The predicted molar refractivity (Wildman–Crippen MR) is 121 cm³/mol. The number of carbonyl (C=O) groups is 2. The standard InChI is InChI=1S/C24H26N6O3/c31-22(16-33-21-7-2-1-3-8-21)29-13-11-17(12-14-29)24(32)25-19-6-4-5-18(15-19)23-26-27-28-30(23)20-9-10-20/h1-8,15,17,20H,9-14,16H2,(H,25,32). The summed E-state index contributed by atoms with van der Waals surface area (Å²) < 4.78 is 7.41. The first-order chi connectivity index (χ1) is 16.2. The van der Waals surface area contributed by atoms with Gasteiger partial charge in [-0.15, -0.1) is 5.10 Å². The maximum absolute atomic E-state index is 12.9. The number of hydrogen-bond donors (Lipinski definition) is 1. The van der Waals surface area contributed by atoms with Crippen molar-refractivity contribution in [2.24, 2.45) is 5.92 Å². The Morgan fingerprint density at radius 1 is 1.00 bits per heavy atom. The zero-order valence-electron chi connectivity index (χ0n) is 18.3. The predicted octanol–water partition coefficient (Wildman–Crippen LogP) is 2.93. The van der Waals surface area contributed by atoms with Crippen molar-refractivity contribution in [3.05, 3.63) is 54.6 Å². The van der Waals surface area contributed by atoms with Crippen molar-refractivity contribution in [3.8, 4) is 17.1 Å². The molecule has 0 bridgehead atoms. The second kappa shape index (κ2) is 9.40. The summed E-state index contributed by atoms with van der Waals surface area (Å²) in [4.78, 5) is 27.1. The molecule has 2 aliphatic rings. The molecule has 2 heterocycles. The molecule has 170 valence electrons. The summed E-state index contributed by atoms with van der Waals surface area (Å²) in [5, 5.41) is 15.1. The number of aromatic nitrogens is 4. The van der Waals surface area contributed by atoms with Crippen molar-refractivity contribution in [2.75, 3.05) is 25.0 Å². The molecule has 9 heteroatoms. The maximum Gasteiger partial charge on any atom is 0.260 e. The van der Waals surface area contributed by atoms with Crippen LogP contribution in [0, 0.1) is 5.92 Å². The van der Waals surface area contributed by atoms with E-state index in [0.717, 1.165) is 29.9 Å². The van der Waals surface area contributed by atoms with E-state index in [-0.39, 0.29) is 24.3 Å². The fourth-order valence-electron chi connectivity index (χ4n) is 4.07. The van der Waals surface area contributed by atoms with E-state index in [1.54, 1.807) is 4.90 Å². The van der Waals surface area contributed by atoms with Crippen LogP contribution in [0.15, 0.2) is 54.6 Å². The molecule has 1 aliphatic heterocycles. The Labute approximate surface area is 191 Å². The van der Waals surface area contributed by atoms with Crippen molar-refractivity contribution < 1.29 is 14.3 Å². The van der Waals surface area contributed by atoms with E-state index in [4.69, 9.17) is 4.74 Å². The van der Waals surface area contributed by atoms with Gasteiger partial charge in [-0.3, -0.25) is 9.59 Å². The minimum atomic E-state index is -0.135. The van der Waals surface area contributed by atoms with E-state index in [0.29, 0.717) is 37.7 Å². The Hall–Kier alpha value is -3.75. The van der Waals surface area contributed by atoms with E-state index in [1.165, 1.54) is 0 Å². The zero-order valence-corrected chi connectivity index (χ0v) is 18.3. The summed E-state index contributed by atoms with van der Waals surface area (Å²) in [6.07, 6.45) is 3.44. The minimum absolute atomic E-state index is 0.00794. The Balaban J connectivity index is 1.13. The van der Waals surface area contributed by atoms with E-state index in [9.17, 15) is 9.59 Å². The summed E-state index contributed by atoms with van der Waals surface area (Å²) in [5.41, 5.74) is 1.60. The lowest BCUT2D eigenvalue weighted by Crippen LogP contribution is -2.43. The van der Waals surface area contributed by atoms with E-state index in [2.05, 4.69) is 20.8 Å². The zero-order chi connectivity index (χ0) is 22.6. The average Bonchev–Trinajstić information content (AvgIpc) is 3.59. The molecule has 1 saturated carbocycles. The molecule has 3 aromatic rings. The molecule has 5 rings (SSSR count). The Morgan fingerprint density at radius 3 is 2.55 bits per heavy atom. The molecule has 0 spiro atoms. The highest BCUT2D eigenvalue weighted by Crippen LogP contribution is 2.36.